The highest BCUT2D eigenvalue weighted by Gasteiger charge is 2.19. The van der Waals surface area contributed by atoms with E-state index in [1.165, 1.54) is 13.3 Å². The van der Waals surface area contributed by atoms with Crippen LogP contribution in [0.4, 0.5) is 5.95 Å². The Bertz CT molecular complexity index is 364. The Kier molecular flexibility index (Phi) is 5.14. The third kappa shape index (κ3) is 3.84. The fourth-order valence-electron chi connectivity index (χ4n) is 1.27. The first-order valence-electron chi connectivity index (χ1n) is 5.23. The lowest BCUT2D eigenvalue weighted by Crippen LogP contribution is -2.33. The van der Waals surface area contributed by atoms with Gasteiger partial charge in [-0.2, -0.15) is 4.98 Å². The number of methoxy groups -OCH3 is 1. The van der Waals surface area contributed by atoms with Gasteiger partial charge < -0.3 is 25.2 Å². The van der Waals surface area contributed by atoms with Gasteiger partial charge >= 0.3 is 7.12 Å². The number of anilines is 1. The summed E-state index contributed by atoms with van der Waals surface area (Å²) in [7, 11) is -0.288. The van der Waals surface area contributed by atoms with Gasteiger partial charge in [0.05, 0.1) is 12.6 Å². The van der Waals surface area contributed by atoms with Crippen LogP contribution in [-0.2, 0) is 0 Å². The smallest absolute Gasteiger partial charge is 0.481 e. The zero-order valence-corrected chi connectivity index (χ0v) is 9.79. The molecule has 1 aromatic rings. The molecule has 0 bridgehead atoms. The lowest BCUT2D eigenvalue weighted by Gasteiger charge is -2.13. The van der Waals surface area contributed by atoms with Crippen molar-refractivity contribution in [3.8, 4) is 5.88 Å². The van der Waals surface area contributed by atoms with Gasteiger partial charge in [0.1, 0.15) is 0 Å². The molecule has 0 aromatic carbocycles. The van der Waals surface area contributed by atoms with Crippen molar-refractivity contribution in [2.24, 2.45) is 0 Å². The minimum absolute atomic E-state index is 0.00889. The van der Waals surface area contributed by atoms with Crippen molar-refractivity contribution in [3.05, 3.63) is 6.20 Å². The molecule has 8 heteroatoms. The summed E-state index contributed by atoms with van der Waals surface area (Å²) >= 11 is 0. The van der Waals surface area contributed by atoms with Crippen LogP contribution in [0.2, 0.25) is 0 Å². The Hall–Kier alpha value is -1.38. The highest BCUT2D eigenvalue weighted by Crippen LogP contribution is 2.08. The lowest BCUT2D eigenvalue weighted by molar-refractivity contribution is 0.282. The molecule has 0 saturated carbocycles. The van der Waals surface area contributed by atoms with E-state index in [4.69, 9.17) is 19.9 Å². The molecule has 0 radical (unpaired) electrons. The number of rotatable bonds is 6. The van der Waals surface area contributed by atoms with Gasteiger partial charge in [-0.15, -0.1) is 0 Å². The van der Waals surface area contributed by atoms with Crippen molar-refractivity contribution in [1.29, 1.82) is 0 Å². The first-order valence-corrected chi connectivity index (χ1v) is 5.23. The Morgan fingerprint density at radius 3 is 2.76 bits per heavy atom. The predicted octanol–water partition coefficient (Wildman–Crippen LogP) is -1.65. The molecule has 17 heavy (non-hydrogen) atoms. The van der Waals surface area contributed by atoms with Gasteiger partial charge in [-0.3, -0.25) is 0 Å². The van der Waals surface area contributed by atoms with Crippen LogP contribution in [0.3, 0.4) is 0 Å². The summed E-state index contributed by atoms with van der Waals surface area (Å²) in [6, 6.07) is 0.00889. The average molecular weight is 241 g/mol. The minimum atomic E-state index is -1.67. The number of aliphatic hydroxyl groups excluding tert-OH is 1. The van der Waals surface area contributed by atoms with E-state index in [1.807, 2.05) is 6.92 Å². The van der Waals surface area contributed by atoms with Crippen molar-refractivity contribution in [2.45, 2.75) is 19.4 Å². The van der Waals surface area contributed by atoms with E-state index in [0.717, 1.165) is 0 Å². The fraction of sp³-hybridized carbons (Fsp3) is 0.556. The predicted molar refractivity (Wildman–Crippen MR) is 63.2 cm³/mol. The van der Waals surface area contributed by atoms with E-state index in [9.17, 15) is 0 Å². The molecule has 4 N–H and O–H groups in total. The van der Waals surface area contributed by atoms with Crippen molar-refractivity contribution in [3.63, 3.8) is 0 Å². The van der Waals surface area contributed by atoms with Crippen LogP contribution in [-0.4, -0.2) is 52.0 Å². The maximum atomic E-state index is 9.03. The molecule has 1 rings (SSSR count). The zero-order chi connectivity index (χ0) is 12.8. The van der Waals surface area contributed by atoms with Gasteiger partial charge in [-0.05, 0) is 13.3 Å². The van der Waals surface area contributed by atoms with E-state index in [-0.39, 0.29) is 24.0 Å². The molecule has 1 aromatic heterocycles. The van der Waals surface area contributed by atoms with Gasteiger partial charge in [0.2, 0.25) is 11.8 Å². The quantitative estimate of drug-likeness (QED) is 0.442. The molecule has 1 unspecified atom stereocenters. The molecule has 0 amide bonds. The van der Waals surface area contributed by atoms with Crippen LogP contribution in [0.25, 0.3) is 0 Å². The number of aromatic nitrogens is 2. The number of aliphatic hydroxyl groups is 1. The standard InChI is InChI=1S/C9H16BN3O4/c1-6(3-4-14)12-9-11-5-7(10(15)16)8(13-9)17-2/h5-6,14-16H,3-4H2,1-2H3,(H,11,12,13). The molecule has 0 saturated heterocycles. The first kappa shape index (κ1) is 13.7. The van der Waals surface area contributed by atoms with E-state index >= 15 is 0 Å². The second-order valence-electron chi connectivity index (χ2n) is 3.59. The van der Waals surface area contributed by atoms with Crippen LogP contribution in [0.1, 0.15) is 13.3 Å². The Labute approximate surface area is 99.6 Å². The van der Waals surface area contributed by atoms with Crippen LogP contribution in [0.5, 0.6) is 5.88 Å². The van der Waals surface area contributed by atoms with E-state index in [2.05, 4.69) is 15.3 Å². The maximum absolute atomic E-state index is 9.03. The van der Waals surface area contributed by atoms with Crippen LogP contribution in [0.15, 0.2) is 6.20 Å². The normalized spacial score (nSPS) is 12.1. The van der Waals surface area contributed by atoms with Crippen LogP contribution < -0.4 is 15.5 Å². The van der Waals surface area contributed by atoms with Crippen molar-refractivity contribution in [1.82, 2.24) is 9.97 Å². The summed E-state index contributed by atoms with van der Waals surface area (Å²) in [5.41, 5.74) is 0.105. The summed E-state index contributed by atoms with van der Waals surface area (Å²) < 4.78 is 4.93. The first-order chi connectivity index (χ1) is 8.08. The molecular formula is C9H16BN3O4. The van der Waals surface area contributed by atoms with Gasteiger partial charge in [0.15, 0.2) is 0 Å². The van der Waals surface area contributed by atoms with Gasteiger partial charge in [-0.1, -0.05) is 0 Å². The third-order valence-corrected chi connectivity index (χ3v) is 2.19. The van der Waals surface area contributed by atoms with Gasteiger partial charge in [0.25, 0.3) is 0 Å². The number of nitrogens with zero attached hydrogens (tertiary/aromatic N) is 2. The van der Waals surface area contributed by atoms with E-state index in [0.29, 0.717) is 12.4 Å². The number of nitrogens with one attached hydrogen (secondary N) is 1. The molecule has 0 aliphatic rings. The largest absolute Gasteiger partial charge is 0.495 e. The highest BCUT2D eigenvalue weighted by atomic mass is 16.5. The molecule has 0 spiro atoms. The molecule has 1 heterocycles. The van der Waals surface area contributed by atoms with Crippen molar-refractivity contribution in [2.75, 3.05) is 19.0 Å². The molecule has 1 atom stereocenters. The summed E-state index contributed by atoms with van der Waals surface area (Å²) in [5, 5.41) is 29.8. The summed E-state index contributed by atoms with van der Waals surface area (Å²) in [6.07, 6.45) is 1.85. The number of ether oxygens (including phenoxy) is 1. The Morgan fingerprint density at radius 2 is 2.24 bits per heavy atom. The highest BCUT2D eigenvalue weighted by molar-refractivity contribution is 6.59. The Balaban J connectivity index is 2.82. The van der Waals surface area contributed by atoms with Crippen LogP contribution >= 0.6 is 0 Å². The average Bonchev–Trinajstić information content (AvgIpc) is 2.28. The molecule has 0 fully saturated rings. The van der Waals surface area contributed by atoms with E-state index < -0.39 is 7.12 Å². The molecular weight excluding hydrogens is 225 g/mol. The topological polar surface area (TPSA) is 108 Å². The maximum Gasteiger partial charge on any atom is 0.495 e. The Morgan fingerprint density at radius 1 is 1.53 bits per heavy atom. The lowest BCUT2D eigenvalue weighted by atomic mass is 9.82. The van der Waals surface area contributed by atoms with Crippen molar-refractivity contribution < 1.29 is 19.9 Å². The van der Waals surface area contributed by atoms with Gasteiger partial charge in [-0.25, -0.2) is 4.98 Å². The van der Waals surface area contributed by atoms with E-state index in [1.54, 1.807) is 0 Å². The monoisotopic (exact) mass is 241 g/mol. The zero-order valence-electron chi connectivity index (χ0n) is 9.79. The molecule has 0 aliphatic heterocycles. The summed E-state index contributed by atoms with van der Waals surface area (Å²) in [6.45, 7) is 1.94. The SMILES string of the molecule is COc1nc(NC(C)CCO)ncc1B(O)O. The van der Waals surface area contributed by atoms with Crippen LogP contribution in [0, 0.1) is 0 Å². The fourth-order valence-corrected chi connectivity index (χ4v) is 1.27. The van der Waals surface area contributed by atoms with Crippen molar-refractivity contribution >= 4 is 18.5 Å². The number of hydrogen-bond donors (Lipinski definition) is 4. The minimum Gasteiger partial charge on any atom is -0.481 e. The molecule has 7 nitrogen and oxygen atoms in total. The molecule has 0 aliphatic carbocycles. The van der Waals surface area contributed by atoms with Gasteiger partial charge in [0, 0.05) is 18.8 Å². The summed E-state index contributed by atoms with van der Waals surface area (Å²) in [4.78, 5) is 7.92. The third-order valence-electron chi connectivity index (χ3n) is 2.19. The molecule has 94 valence electrons. The second-order valence-corrected chi connectivity index (χ2v) is 3.59. The number of hydrogen-bond acceptors (Lipinski definition) is 7. The summed E-state index contributed by atoms with van der Waals surface area (Å²) in [5.74, 6) is 0.417. The second kappa shape index (κ2) is 6.38.